The molecule has 0 bridgehead atoms. The maximum absolute atomic E-state index is 11.8. The van der Waals surface area contributed by atoms with E-state index in [9.17, 15) is 4.79 Å². The summed E-state index contributed by atoms with van der Waals surface area (Å²) in [6, 6.07) is 0. The van der Waals surface area contributed by atoms with Crippen molar-refractivity contribution in [1.82, 2.24) is 15.3 Å². The predicted molar refractivity (Wildman–Crippen MR) is 81.4 cm³/mol. The van der Waals surface area contributed by atoms with E-state index in [1.807, 2.05) is 0 Å². The van der Waals surface area contributed by atoms with Crippen LogP contribution in [-0.4, -0.2) is 28.9 Å². The molecule has 6 heteroatoms. The smallest absolute Gasteiger partial charge is 0.277 e. The molecule has 0 aromatic carbocycles. The molecule has 112 valence electrons. The highest BCUT2D eigenvalue weighted by Gasteiger charge is 2.20. The van der Waals surface area contributed by atoms with Gasteiger partial charge in [0.15, 0.2) is 0 Å². The number of rotatable bonds is 5. The first-order valence-electron chi connectivity index (χ1n) is 7.36. The normalized spacial score (nSPS) is 17.4. The highest BCUT2D eigenvalue weighted by Crippen LogP contribution is 2.23. The average Bonchev–Trinajstić information content (AvgIpc) is 2.84. The van der Waals surface area contributed by atoms with Crippen LogP contribution in [0.4, 0.5) is 0 Å². The lowest BCUT2D eigenvalue weighted by molar-refractivity contribution is 0.0956. The van der Waals surface area contributed by atoms with E-state index in [4.69, 9.17) is 5.84 Å². The minimum absolute atomic E-state index is 0.218. The van der Waals surface area contributed by atoms with Crippen molar-refractivity contribution in [1.29, 1.82) is 0 Å². The van der Waals surface area contributed by atoms with E-state index in [0.29, 0.717) is 4.88 Å². The number of aryl methyl sites for hydroxylation is 1. The van der Waals surface area contributed by atoms with Crippen LogP contribution in [0.15, 0.2) is 0 Å². The van der Waals surface area contributed by atoms with E-state index < -0.39 is 0 Å². The molecule has 0 aliphatic carbocycles. The van der Waals surface area contributed by atoms with Crippen LogP contribution >= 0.6 is 11.3 Å². The summed E-state index contributed by atoms with van der Waals surface area (Å²) in [4.78, 5) is 19.5. The third-order valence-electron chi connectivity index (χ3n) is 3.80. The summed E-state index contributed by atoms with van der Waals surface area (Å²) in [5, 5.41) is 1.03. The molecule has 0 radical (unpaired) electrons. The van der Waals surface area contributed by atoms with Crippen molar-refractivity contribution in [3.8, 4) is 0 Å². The van der Waals surface area contributed by atoms with Gasteiger partial charge in [0.2, 0.25) is 0 Å². The number of hydrogen-bond donors (Lipinski definition) is 2. The van der Waals surface area contributed by atoms with Gasteiger partial charge in [-0.1, -0.05) is 20.3 Å². The number of likely N-dealkylation sites (tertiary alicyclic amines) is 1. The molecule has 20 heavy (non-hydrogen) atoms. The average molecular weight is 296 g/mol. The quantitative estimate of drug-likeness (QED) is 0.495. The number of piperidine rings is 1. The number of nitrogens with two attached hydrogens (primary N) is 1. The van der Waals surface area contributed by atoms with Crippen molar-refractivity contribution in [2.45, 2.75) is 46.1 Å². The number of nitrogens with one attached hydrogen (secondary N) is 1. The first kappa shape index (κ1) is 15.4. The first-order valence-corrected chi connectivity index (χ1v) is 8.17. The Balaban J connectivity index is 2.06. The van der Waals surface area contributed by atoms with Crippen LogP contribution in [0.25, 0.3) is 0 Å². The maximum atomic E-state index is 11.8. The van der Waals surface area contributed by atoms with Crippen molar-refractivity contribution in [3.05, 3.63) is 15.6 Å². The Morgan fingerprint density at radius 2 is 2.20 bits per heavy atom. The van der Waals surface area contributed by atoms with Crippen molar-refractivity contribution >= 4 is 17.2 Å². The molecule has 0 atom stereocenters. The number of aromatic nitrogens is 1. The number of amides is 1. The number of hydrazine groups is 1. The standard InChI is InChI=1S/C14H24N4OS/c1-3-4-11-13(14(19)17-15)20-12(16-11)9-18-7-5-10(2)6-8-18/h10H,3-9,15H2,1-2H3,(H,17,19). The van der Waals surface area contributed by atoms with Gasteiger partial charge in [0, 0.05) is 0 Å². The van der Waals surface area contributed by atoms with Crippen LogP contribution in [0.3, 0.4) is 0 Å². The minimum Gasteiger partial charge on any atom is -0.297 e. The lowest BCUT2D eigenvalue weighted by atomic mass is 9.99. The van der Waals surface area contributed by atoms with Crippen LogP contribution in [0.2, 0.25) is 0 Å². The zero-order valence-corrected chi connectivity index (χ0v) is 13.1. The zero-order chi connectivity index (χ0) is 14.5. The van der Waals surface area contributed by atoms with E-state index in [0.717, 1.165) is 49.1 Å². The van der Waals surface area contributed by atoms with Crippen LogP contribution in [0.1, 0.15) is 53.5 Å². The summed E-state index contributed by atoms with van der Waals surface area (Å²) in [6.45, 7) is 7.51. The molecule has 2 heterocycles. The molecule has 1 aliphatic rings. The number of carbonyl (C=O) groups is 1. The van der Waals surface area contributed by atoms with E-state index in [1.165, 1.54) is 24.2 Å². The Morgan fingerprint density at radius 3 is 2.80 bits per heavy atom. The van der Waals surface area contributed by atoms with E-state index in [2.05, 4.69) is 29.2 Å². The van der Waals surface area contributed by atoms with Crippen LogP contribution in [0.5, 0.6) is 0 Å². The number of nitrogens with zero attached hydrogens (tertiary/aromatic N) is 2. The molecule has 1 aromatic heterocycles. The van der Waals surface area contributed by atoms with E-state index in [1.54, 1.807) is 0 Å². The Kier molecular flexibility index (Phi) is 5.51. The molecule has 3 N–H and O–H groups in total. The summed E-state index contributed by atoms with van der Waals surface area (Å²) in [5.74, 6) is 5.86. The Labute approximate surface area is 124 Å². The maximum Gasteiger partial charge on any atom is 0.277 e. The highest BCUT2D eigenvalue weighted by molar-refractivity contribution is 7.13. The Hall–Kier alpha value is -0.980. The van der Waals surface area contributed by atoms with Gasteiger partial charge >= 0.3 is 0 Å². The van der Waals surface area contributed by atoms with Gasteiger partial charge in [0.1, 0.15) is 9.88 Å². The molecule has 1 aromatic rings. The molecular formula is C14H24N4OS. The fourth-order valence-corrected chi connectivity index (χ4v) is 3.58. The third-order valence-corrected chi connectivity index (χ3v) is 4.88. The number of nitrogen functional groups attached to an aromatic ring is 1. The zero-order valence-electron chi connectivity index (χ0n) is 12.3. The van der Waals surface area contributed by atoms with Crippen molar-refractivity contribution in [3.63, 3.8) is 0 Å². The fraction of sp³-hybridized carbons (Fsp3) is 0.714. The lowest BCUT2D eigenvalue weighted by Gasteiger charge is -2.29. The van der Waals surface area contributed by atoms with Gasteiger partial charge in [-0.15, -0.1) is 11.3 Å². The largest absolute Gasteiger partial charge is 0.297 e. The second kappa shape index (κ2) is 7.15. The Bertz CT molecular complexity index is 452. The van der Waals surface area contributed by atoms with Gasteiger partial charge in [-0.05, 0) is 38.3 Å². The fourth-order valence-electron chi connectivity index (χ4n) is 2.53. The van der Waals surface area contributed by atoms with Crippen molar-refractivity contribution < 1.29 is 4.79 Å². The van der Waals surface area contributed by atoms with E-state index >= 15 is 0 Å². The van der Waals surface area contributed by atoms with Crippen LogP contribution in [-0.2, 0) is 13.0 Å². The molecule has 2 rings (SSSR count). The molecule has 0 unspecified atom stereocenters. The molecule has 1 fully saturated rings. The summed E-state index contributed by atoms with van der Waals surface area (Å²) in [7, 11) is 0. The van der Waals surface area contributed by atoms with Crippen LogP contribution in [0, 0.1) is 5.92 Å². The second-order valence-electron chi connectivity index (χ2n) is 5.57. The molecule has 0 saturated carbocycles. The van der Waals surface area contributed by atoms with Gasteiger partial charge < -0.3 is 0 Å². The summed E-state index contributed by atoms with van der Waals surface area (Å²) in [5.41, 5.74) is 3.11. The molecule has 0 spiro atoms. The molecule has 1 amide bonds. The second-order valence-corrected chi connectivity index (χ2v) is 6.65. The summed E-state index contributed by atoms with van der Waals surface area (Å²) >= 11 is 1.48. The number of carbonyl (C=O) groups excluding carboxylic acids is 1. The van der Waals surface area contributed by atoms with Crippen LogP contribution < -0.4 is 11.3 Å². The lowest BCUT2D eigenvalue weighted by Crippen LogP contribution is -2.32. The monoisotopic (exact) mass is 296 g/mol. The first-order chi connectivity index (χ1) is 9.63. The molecular weight excluding hydrogens is 272 g/mol. The number of thiazole rings is 1. The van der Waals surface area contributed by atoms with Gasteiger partial charge in [-0.2, -0.15) is 0 Å². The van der Waals surface area contributed by atoms with Gasteiger partial charge in [-0.25, -0.2) is 10.8 Å². The van der Waals surface area contributed by atoms with Crippen molar-refractivity contribution in [2.24, 2.45) is 11.8 Å². The van der Waals surface area contributed by atoms with Gasteiger partial charge in [-0.3, -0.25) is 15.1 Å². The predicted octanol–water partition coefficient (Wildman–Crippen LogP) is 1.93. The topological polar surface area (TPSA) is 71.2 Å². The van der Waals surface area contributed by atoms with Crippen molar-refractivity contribution in [2.75, 3.05) is 13.1 Å². The van der Waals surface area contributed by atoms with E-state index in [-0.39, 0.29) is 5.91 Å². The highest BCUT2D eigenvalue weighted by atomic mass is 32.1. The Morgan fingerprint density at radius 1 is 1.50 bits per heavy atom. The van der Waals surface area contributed by atoms with Gasteiger partial charge in [0.05, 0.1) is 12.2 Å². The summed E-state index contributed by atoms with van der Waals surface area (Å²) in [6.07, 6.45) is 4.32. The minimum atomic E-state index is -0.218. The van der Waals surface area contributed by atoms with Gasteiger partial charge in [0.25, 0.3) is 5.91 Å². The number of hydrogen-bond acceptors (Lipinski definition) is 5. The SMILES string of the molecule is CCCc1nc(CN2CCC(C)CC2)sc1C(=O)NN. The molecule has 5 nitrogen and oxygen atoms in total. The molecule has 1 saturated heterocycles. The third kappa shape index (κ3) is 3.77. The summed E-state index contributed by atoms with van der Waals surface area (Å²) < 4.78 is 0. The molecule has 1 aliphatic heterocycles.